The third-order valence-electron chi connectivity index (χ3n) is 10.9. The lowest BCUT2D eigenvalue weighted by Gasteiger charge is -2.61. The molecule has 2 spiro atoms. The molecule has 9 nitrogen and oxygen atoms in total. The van der Waals surface area contributed by atoms with Crippen LogP contribution in [0.5, 0.6) is 0 Å². The van der Waals surface area contributed by atoms with Gasteiger partial charge in [-0.3, -0.25) is 14.4 Å². The summed E-state index contributed by atoms with van der Waals surface area (Å²) < 4.78 is 7.61. The number of nitrogen functional groups attached to an aromatic ring is 1. The summed E-state index contributed by atoms with van der Waals surface area (Å²) in [6.45, 7) is 16.8. The Bertz CT molecular complexity index is 1510. The monoisotopic (exact) mass is 625 g/mol. The molecule has 0 unspecified atom stereocenters. The number of hydrogen-bond donors (Lipinski definition) is 2. The second-order valence-corrected chi connectivity index (χ2v) is 15.2. The average Bonchev–Trinajstić information content (AvgIpc) is 3.17. The number of piperidine rings is 1. The van der Waals surface area contributed by atoms with Crippen molar-refractivity contribution in [2.24, 2.45) is 10.8 Å². The molecule has 0 bridgehead atoms. The standard InChI is InChI=1S/C32H41Cl2N7O2/c1-5-25(42)39-17-32(18-39)9-20(10-32)41-19(2)26(27-22(11-35)24(36)8-23(33)28(27)34)29(37-41)40-7-6-31(14-30(40,3)4)15-38(16-31)21-12-43-13-21/h5,8,11,20-21,35H,1,6-7,9-10,12-18,36H2,2-4H3. The van der Waals surface area contributed by atoms with E-state index in [2.05, 4.69) is 41.8 Å². The lowest BCUT2D eigenvalue weighted by Crippen LogP contribution is -2.69. The van der Waals surface area contributed by atoms with Gasteiger partial charge >= 0.3 is 0 Å². The van der Waals surface area contributed by atoms with Crippen LogP contribution >= 0.6 is 23.2 Å². The van der Waals surface area contributed by atoms with E-state index in [4.69, 9.17) is 44.2 Å². The summed E-state index contributed by atoms with van der Waals surface area (Å²) in [6.07, 6.45) is 6.76. The zero-order chi connectivity index (χ0) is 30.5. The van der Waals surface area contributed by atoms with Gasteiger partial charge in [0.05, 0.1) is 35.3 Å². The summed E-state index contributed by atoms with van der Waals surface area (Å²) in [5, 5.41) is 14.4. The maximum absolute atomic E-state index is 12.1. The van der Waals surface area contributed by atoms with Crippen molar-refractivity contribution in [1.82, 2.24) is 19.6 Å². The fraction of sp³-hybridized carbons (Fsp3) is 0.594. The van der Waals surface area contributed by atoms with E-state index in [0.29, 0.717) is 38.3 Å². The Labute approximate surface area is 263 Å². The number of rotatable bonds is 6. The highest BCUT2D eigenvalue weighted by molar-refractivity contribution is 6.44. The average molecular weight is 627 g/mol. The number of ether oxygens (including phenoxy) is 1. The number of amides is 1. The zero-order valence-corrected chi connectivity index (χ0v) is 26.8. The number of nitrogens with two attached hydrogens (primary N) is 1. The van der Waals surface area contributed by atoms with Crippen LogP contribution in [-0.4, -0.2) is 89.2 Å². The van der Waals surface area contributed by atoms with Crippen molar-refractivity contribution in [3.63, 3.8) is 0 Å². The van der Waals surface area contributed by atoms with Crippen LogP contribution in [0, 0.1) is 23.2 Å². The first kappa shape index (κ1) is 29.1. The lowest BCUT2D eigenvalue weighted by molar-refractivity contribution is -0.149. The van der Waals surface area contributed by atoms with Crippen molar-refractivity contribution in [3.05, 3.63) is 40.0 Å². The van der Waals surface area contributed by atoms with Gasteiger partial charge in [-0.15, -0.1) is 0 Å². The Kier molecular flexibility index (Phi) is 6.75. The van der Waals surface area contributed by atoms with E-state index < -0.39 is 0 Å². The van der Waals surface area contributed by atoms with Gasteiger partial charge in [-0.2, -0.15) is 5.10 Å². The van der Waals surface area contributed by atoms with E-state index in [1.807, 2.05) is 4.90 Å². The topological polar surface area (TPSA) is 104 Å². The highest BCUT2D eigenvalue weighted by atomic mass is 35.5. The maximum atomic E-state index is 12.1. The molecule has 3 N–H and O–H groups in total. The lowest BCUT2D eigenvalue weighted by atomic mass is 9.60. The molecule has 0 radical (unpaired) electrons. The molecule has 11 heteroatoms. The molecule has 7 rings (SSSR count). The molecule has 5 fully saturated rings. The Hall–Kier alpha value is -2.59. The highest BCUT2D eigenvalue weighted by Gasteiger charge is 2.56. The van der Waals surface area contributed by atoms with Crippen molar-refractivity contribution < 1.29 is 9.53 Å². The van der Waals surface area contributed by atoms with Crippen LogP contribution < -0.4 is 10.6 Å². The number of likely N-dealkylation sites (tertiary alicyclic amines) is 2. The molecule has 230 valence electrons. The number of carbonyl (C=O) groups excluding carboxylic acids is 1. The van der Waals surface area contributed by atoms with Gasteiger partial charge in [-0.1, -0.05) is 29.8 Å². The summed E-state index contributed by atoms with van der Waals surface area (Å²) in [5.74, 6) is 0.882. The molecule has 1 aliphatic carbocycles. The normalized spacial score (nSPS) is 24.3. The van der Waals surface area contributed by atoms with Crippen LogP contribution in [0.15, 0.2) is 18.7 Å². The first-order valence-corrected chi connectivity index (χ1v) is 16.0. The second kappa shape index (κ2) is 9.96. The minimum absolute atomic E-state index is 0.00184. The number of aromatic nitrogens is 2. The van der Waals surface area contributed by atoms with Crippen molar-refractivity contribution in [3.8, 4) is 11.1 Å². The van der Waals surface area contributed by atoms with Crippen molar-refractivity contribution in [2.75, 3.05) is 56.6 Å². The van der Waals surface area contributed by atoms with Gasteiger partial charge < -0.3 is 25.7 Å². The molecule has 43 heavy (non-hydrogen) atoms. The fourth-order valence-electron chi connectivity index (χ4n) is 8.74. The highest BCUT2D eigenvalue weighted by Crippen LogP contribution is 2.57. The van der Waals surface area contributed by atoms with E-state index in [1.165, 1.54) is 12.3 Å². The zero-order valence-electron chi connectivity index (χ0n) is 25.3. The van der Waals surface area contributed by atoms with Crippen molar-refractivity contribution in [1.29, 1.82) is 5.41 Å². The Morgan fingerprint density at radius 1 is 1.14 bits per heavy atom. The van der Waals surface area contributed by atoms with Crippen LogP contribution in [0.2, 0.25) is 10.0 Å². The summed E-state index contributed by atoms with van der Waals surface area (Å²) in [7, 11) is 0. The molecular formula is C32H41Cl2N7O2. The molecule has 1 aromatic heterocycles. The van der Waals surface area contributed by atoms with Gasteiger partial charge in [-0.05, 0) is 64.0 Å². The molecular weight excluding hydrogens is 585 g/mol. The van der Waals surface area contributed by atoms with E-state index in [0.717, 1.165) is 88.7 Å². The molecule has 5 aliphatic rings. The summed E-state index contributed by atoms with van der Waals surface area (Å²) in [6, 6.07) is 2.42. The Balaban J connectivity index is 1.24. The number of anilines is 2. The van der Waals surface area contributed by atoms with E-state index in [1.54, 1.807) is 6.07 Å². The van der Waals surface area contributed by atoms with Gasteiger partial charge in [0.1, 0.15) is 0 Å². The van der Waals surface area contributed by atoms with E-state index >= 15 is 0 Å². The van der Waals surface area contributed by atoms with Gasteiger partial charge in [0.25, 0.3) is 0 Å². The molecule has 1 aromatic carbocycles. The number of carbonyl (C=O) groups is 1. The first-order chi connectivity index (χ1) is 20.4. The largest absolute Gasteiger partial charge is 0.398 e. The van der Waals surface area contributed by atoms with Crippen molar-refractivity contribution in [2.45, 2.75) is 64.1 Å². The van der Waals surface area contributed by atoms with E-state index in [9.17, 15) is 4.79 Å². The quantitative estimate of drug-likeness (QED) is 0.261. The summed E-state index contributed by atoms with van der Waals surface area (Å²) in [5.41, 5.74) is 10.3. The number of nitrogens with zero attached hydrogens (tertiary/aromatic N) is 5. The Morgan fingerprint density at radius 3 is 2.42 bits per heavy atom. The van der Waals surface area contributed by atoms with Crippen LogP contribution in [0.3, 0.4) is 0 Å². The molecule has 1 amide bonds. The number of hydrogen-bond acceptors (Lipinski definition) is 7. The minimum Gasteiger partial charge on any atom is -0.398 e. The number of halogens is 2. The van der Waals surface area contributed by atoms with Gasteiger partial charge in [0.15, 0.2) is 5.82 Å². The second-order valence-electron chi connectivity index (χ2n) is 14.4. The number of benzene rings is 1. The summed E-state index contributed by atoms with van der Waals surface area (Å²) >= 11 is 13.6. The van der Waals surface area contributed by atoms with Gasteiger partial charge in [0, 0.05) is 78.0 Å². The van der Waals surface area contributed by atoms with Gasteiger partial charge in [0.2, 0.25) is 5.91 Å². The molecule has 4 saturated heterocycles. The van der Waals surface area contributed by atoms with Gasteiger partial charge in [-0.25, -0.2) is 0 Å². The van der Waals surface area contributed by atoms with Crippen LogP contribution in [0.4, 0.5) is 11.5 Å². The van der Waals surface area contributed by atoms with Crippen LogP contribution in [0.25, 0.3) is 11.1 Å². The van der Waals surface area contributed by atoms with Crippen molar-refractivity contribution >= 4 is 46.8 Å². The predicted molar refractivity (Wildman–Crippen MR) is 171 cm³/mol. The third kappa shape index (κ3) is 4.44. The third-order valence-corrected chi connectivity index (χ3v) is 11.7. The molecule has 1 saturated carbocycles. The van der Waals surface area contributed by atoms with Crippen LogP contribution in [0.1, 0.15) is 56.8 Å². The SMILES string of the molecule is C=CC(=O)N1CC2(CC(n3nc(N4CCC5(CN(C6COC6)C5)CC4(C)C)c(-c4c(Cl)c(Cl)cc(N)c4C=N)c3C)C2)C1. The van der Waals surface area contributed by atoms with E-state index in [-0.39, 0.29) is 22.9 Å². The molecule has 0 atom stereocenters. The fourth-order valence-corrected chi connectivity index (χ4v) is 9.21. The predicted octanol–water partition coefficient (Wildman–Crippen LogP) is 5.17. The molecule has 4 aliphatic heterocycles. The first-order valence-electron chi connectivity index (χ1n) is 15.3. The van der Waals surface area contributed by atoms with Crippen LogP contribution in [-0.2, 0) is 9.53 Å². The Morgan fingerprint density at radius 2 is 1.84 bits per heavy atom. The molecule has 2 aromatic rings. The number of nitrogens with one attached hydrogen (secondary N) is 1. The minimum atomic E-state index is -0.150. The smallest absolute Gasteiger partial charge is 0.245 e. The summed E-state index contributed by atoms with van der Waals surface area (Å²) in [4.78, 5) is 19.0. The molecule has 5 heterocycles. The maximum Gasteiger partial charge on any atom is 0.245 e.